The summed E-state index contributed by atoms with van der Waals surface area (Å²) < 4.78 is 0. The van der Waals surface area contributed by atoms with Crippen molar-refractivity contribution in [2.75, 3.05) is 5.32 Å². The molecule has 15 heavy (non-hydrogen) atoms. The van der Waals surface area contributed by atoms with Crippen molar-refractivity contribution in [2.24, 2.45) is 0 Å². The van der Waals surface area contributed by atoms with Gasteiger partial charge in [0, 0.05) is 5.38 Å². The molecule has 0 aliphatic carbocycles. The molecule has 2 aromatic rings. The molecule has 0 atom stereocenters. The highest BCUT2D eigenvalue weighted by Gasteiger charge is 2.05. The highest BCUT2D eigenvalue weighted by atomic mass is 35.5. The maximum absolute atomic E-state index is 11.1. The van der Waals surface area contributed by atoms with Crippen LogP contribution in [0.1, 0.15) is 5.69 Å². The monoisotopic (exact) mass is 242 g/mol. The first-order chi connectivity index (χ1) is 7.27. The molecular formula is C8H7ClN4OS. The van der Waals surface area contributed by atoms with Crippen molar-refractivity contribution in [1.29, 1.82) is 0 Å². The molecular weight excluding hydrogens is 236 g/mol. The van der Waals surface area contributed by atoms with Gasteiger partial charge in [-0.2, -0.15) is 0 Å². The van der Waals surface area contributed by atoms with E-state index in [1.807, 2.05) is 5.38 Å². The molecule has 0 bridgehead atoms. The third-order valence-corrected chi connectivity index (χ3v) is 2.70. The fourth-order valence-corrected chi connectivity index (χ4v) is 1.73. The summed E-state index contributed by atoms with van der Waals surface area (Å²) in [6.07, 6.45) is 1.30. The lowest BCUT2D eigenvalue weighted by atomic mass is 10.4. The average Bonchev–Trinajstić information content (AvgIpc) is 2.73. The summed E-state index contributed by atoms with van der Waals surface area (Å²) in [5.74, 6) is 0.369. The van der Waals surface area contributed by atoms with E-state index >= 15 is 0 Å². The van der Waals surface area contributed by atoms with Gasteiger partial charge in [-0.1, -0.05) is 11.6 Å². The minimum Gasteiger partial charge on any atom is -0.363 e. The second-order valence-electron chi connectivity index (χ2n) is 2.73. The molecule has 2 heterocycles. The largest absolute Gasteiger partial charge is 0.363 e. The van der Waals surface area contributed by atoms with Crippen LogP contribution >= 0.6 is 22.9 Å². The van der Waals surface area contributed by atoms with Gasteiger partial charge in [-0.05, 0) is 0 Å². The Bertz CT molecular complexity index is 496. The first-order valence-corrected chi connectivity index (χ1v) is 5.43. The Hall–Kier alpha value is -1.40. The van der Waals surface area contributed by atoms with Gasteiger partial charge in [0.25, 0.3) is 5.56 Å². The van der Waals surface area contributed by atoms with Crippen LogP contribution in [0, 0.1) is 0 Å². The lowest BCUT2D eigenvalue weighted by Crippen LogP contribution is -2.11. The molecule has 0 saturated heterocycles. The molecule has 0 aliphatic heterocycles. The van der Waals surface area contributed by atoms with Crippen molar-refractivity contribution in [2.45, 2.75) is 6.54 Å². The Labute approximate surface area is 94.2 Å². The minimum absolute atomic E-state index is 0.0627. The fraction of sp³-hybridized carbons (Fsp3) is 0.125. The van der Waals surface area contributed by atoms with Crippen LogP contribution < -0.4 is 10.9 Å². The van der Waals surface area contributed by atoms with E-state index < -0.39 is 0 Å². The molecule has 2 rings (SSSR count). The van der Waals surface area contributed by atoms with Crippen molar-refractivity contribution >= 4 is 28.8 Å². The molecule has 0 radical (unpaired) electrons. The van der Waals surface area contributed by atoms with Crippen LogP contribution in [-0.4, -0.2) is 15.0 Å². The molecule has 0 fully saturated rings. The molecule has 0 aromatic carbocycles. The first-order valence-electron chi connectivity index (χ1n) is 4.11. The number of H-pyrrole nitrogens is 1. The van der Waals surface area contributed by atoms with Gasteiger partial charge in [0.2, 0.25) is 0 Å². The van der Waals surface area contributed by atoms with Crippen LogP contribution in [-0.2, 0) is 6.54 Å². The van der Waals surface area contributed by atoms with Crippen LogP contribution in [0.25, 0.3) is 0 Å². The van der Waals surface area contributed by atoms with Crippen LogP contribution in [0.4, 0.5) is 5.82 Å². The zero-order valence-corrected chi connectivity index (χ0v) is 9.10. The molecule has 2 N–H and O–H groups in total. The minimum atomic E-state index is -0.354. The number of thiazole rings is 1. The molecule has 7 heteroatoms. The lowest BCUT2D eigenvalue weighted by Gasteiger charge is -2.03. The van der Waals surface area contributed by atoms with Gasteiger partial charge in [-0.15, -0.1) is 11.3 Å². The van der Waals surface area contributed by atoms with Gasteiger partial charge in [-0.25, -0.2) is 9.97 Å². The van der Waals surface area contributed by atoms with Crippen molar-refractivity contribution < 1.29 is 0 Å². The number of aromatic nitrogens is 3. The highest BCUT2D eigenvalue weighted by Crippen LogP contribution is 2.13. The quantitative estimate of drug-likeness (QED) is 0.856. The fourth-order valence-electron chi connectivity index (χ4n) is 1.01. The molecule has 2 aromatic heterocycles. The van der Waals surface area contributed by atoms with Crippen molar-refractivity contribution in [3.05, 3.63) is 38.3 Å². The van der Waals surface area contributed by atoms with E-state index in [4.69, 9.17) is 11.6 Å². The number of aromatic amines is 1. The number of rotatable bonds is 3. The van der Waals surface area contributed by atoms with E-state index in [2.05, 4.69) is 20.3 Å². The summed E-state index contributed by atoms with van der Waals surface area (Å²) >= 11 is 7.26. The number of nitrogens with one attached hydrogen (secondary N) is 2. The van der Waals surface area contributed by atoms with E-state index in [1.54, 1.807) is 5.51 Å². The van der Waals surface area contributed by atoms with Crippen LogP contribution in [0.15, 0.2) is 22.0 Å². The Morgan fingerprint density at radius 2 is 2.40 bits per heavy atom. The normalized spacial score (nSPS) is 10.2. The van der Waals surface area contributed by atoms with E-state index in [1.165, 1.54) is 17.7 Å². The van der Waals surface area contributed by atoms with Crippen LogP contribution in [0.3, 0.4) is 0 Å². The number of hydrogen-bond donors (Lipinski definition) is 2. The first kappa shape index (κ1) is 10.1. The molecule has 0 amide bonds. The summed E-state index contributed by atoms with van der Waals surface area (Å²) in [4.78, 5) is 21.5. The maximum atomic E-state index is 11.1. The summed E-state index contributed by atoms with van der Waals surface area (Å²) in [5.41, 5.74) is 2.27. The molecule has 0 saturated carbocycles. The van der Waals surface area contributed by atoms with E-state index in [9.17, 15) is 4.79 Å². The lowest BCUT2D eigenvalue weighted by molar-refractivity contribution is 1.03. The second-order valence-corrected chi connectivity index (χ2v) is 3.82. The Kier molecular flexibility index (Phi) is 2.98. The van der Waals surface area contributed by atoms with Crippen molar-refractivity contribution in [3.8, 4) is 0 Å². The Balaban J connectivity index is 2.12. The van der Waals surface area contributed by atoms with E-state index in [0.717, 1.165) is 5.69 Å². The van der Waals surface area contributed by atoms with Crippen molar-refractivity contribution in [3.63, 3.8) is 0 Å². The molecule has 78 valence electrons. The summed E-state index contributed by atoms with van der Waals surface area (Å²) in [5, 5.41) is 4.91. The SMILES string of the molecule is O=c1[nH]cnc(NCc2cscn2)c1Cl. The third-order valence-electron chi connectivity index (χ3n) is 1.72. The third kappa shape index (κ3) is 2.34. The van der Waals surface area contributed by atoms with Gasteiger partial charge < -0.3 is 10.3 Å². The zero-order valence-electron chi connectivity index (χ0n) is 7.53. The van der Waals surface area contributed by atoms with Crippen LogP contribution in [0.2, 0.25) is 5.02 Å². The molecule has 0 aliphatic rings. The number of hydrogen-bond acceptors (Lipinski definition) is 5. The summed E-state index contributed by atoms with van der Waals surface area (Å²) in [6.45, 7) is 0.500. The molecule has 5 nitrogen and oxygen atoms in total. The summed E-state index contributed by atoms with van der Waals surface area (Å²) in [6, 6.07) is 0. The van der Waals surface area contributed by atoms with Gasteiger partial charge in [0.05, 0.1) is 24.1 Å². The standard InChI is InChI=1S/C8H7ClN4OS/c9-6-7(11-3-12-8(6)14)10-1-5-2-15-4-13-5/h2-4H,1H2,(H2,10,11,12,14). The smallest absolute Gasteiger partial charge is 0.271 e. The van der Waals surface area contributed by atoms with Gasteiger partial charge in [0.1, 0.15) is 5.02 Å². The average molecular weight is 243 g/mol. The van der Waals surface area contributed by atoms with Crippen LogP contribution in [0.5, 0.6) is 0 Å². The predicted molar refractivity (Wildman–Crippen MR) is 59.3 cm³/mol. The maximum Gasteiger partial charge on any atom is 0.271 e. The summed E-state index contributed by atoms with van der Waals surface area (Å²) in [7, 11) is 0. The second kappa shape index (κ2) is 4.41. The molecule has 0 unspecified atom stereocenters. The topological polar surface area (TPSA) is 70.7 Å². The number of nitrogens with zero attached hydrogens (tertiary/aromatic N) is 2. The van der Waals surface area contributed by atoms with Gasteiger partial charge in [-0.3, -0.25) is 4.79 Å². The highest BCUT2D eigenvalue weighted by molar-refractivity contribution is 7.07. The Morgan fingerprint density at radius 1 is 1.53 bits per heavy atom. The number of halogens is 1. The van der Waals surface area contributed by atoms with E-state index in [-0.39, 0.29) is 10.6 Å². The van der Waals surface area contributed by atoms with E-state index in [0.29, 0.717) is 12.4 Å². The zero-order chi connectivity index (χ0) is 10.7. The number of anilines is 1. The van der Waals surface area contributed by atoms with Gasteiger partial charge >= 0.3 is 0 Å². The van der Waals surface area contributed by atoms with Crippen molar-refractivity contribution in [1.82, 2.24) is 15.0 Å². The predicted octanol–water partition coefficient (Wildman–Crippen LogP) is 1.49. The Morgan fingerprint density at radius 3 is 3.13 bits per heavy atom. The molecule has 0 spiro atoms. The van der Waals surface area contributed by atoms with Gasteiger partial charge in [0.15, 0.2) is 5.82 Å².